The summed E-state index contributed by atoms with van der Waals surface area (Å²) in [4.78, 5) is 68.4. The highest BCUT2D eigenvalue weighted by Crippen LogP contribution is 2.17. The molecule has 0 aliphatic heterocycles. The number of aliphatic hydroxyl groups excluding tert-OH is 1. The Morgan fingerprint density at radius 3 is 2.06 bits per heavy atom. The van der Waals surface area contributed by atoms with Gasteiger partial charge in [-0.05, 0) is 68.7 Å². The summed E-state index contributed by atoms with van der Waals surface area (Å²) in [5.74, 6) is -3.35. The number of aryl methyl sites for hydroxylation is 2. The molecule has 5 amide bonds. The molecular weight excluding hydrogens is 644 g/mol. The summed E-state index contributed by atoms with van der Waals surface area (Å²) < 4.78 is 1.72. The number of aromatic nitrogens is 3. The predicted octanol–water partition coefficient (Wildman–Crippen LogP) is 2.05. The Morgan fingerprint density at radius 2 is 1.52 bits per heavy atom. The first-order valence-electron chi connectivity index (χ1n) is 17.3. The van der Waals surface area contributed by atoms with Crippen molar-refractivity contribution in [3.8, 4) is 0 Å². The van der Waals surface area contributed by atoms with Gasteiger partial charge in [-0.2, -0.15) is 5.10 Å². The lowest BCUT2D eigenvalue weighted by molar-refractivity contribution is -0.133. The summed E-state index contributed by atoms with van der Waals surface area (Å²) in [6.07, 6.45) is 1.48. The van der Waals surface area contributed by atoms with Crippen molar-refractivity contribution in [2.24, 2.45) is 23.7 Å². The Bertz CT molecular complexity index is 1410. The second-order valence-electron chi connectivity index (χ2n) is 13.7. The number of amides is 5. The van der Waals surface area contributed by atoms with E-state index in [-0.39, 0.29) is 37.3 Å². The van der Waals surface area contributed by atoms with Crippen LogP contribution in [0.3, 0.4) is 0 Å². The summed E-state index contributed by atoms with van der Waals surface area (Å²) in [6, 6.07) is 2.56. The third-order valence-corrected chi connectivity index (χ3v) is 8.47. The van der Waals surface area contributed by atoms with E-state index in [2.05, 4.69) is 36.7 Å². The number of rotatable bonds is 20. The van der Waals surface area contributed by atoms with Gasteiger partial charge in [0.25, 0.3) is 0 Å². The molecule has 0 aliphatic carbocycles. The van der Waals surface area contributed by atoms with E-state index in [0.29, 0.717) is 12.8 Å². The van der Waals surface area contributed by atoms with E-state index in [4.69, 9.17) is 0 Å². The average Bonchev–Trinajstić information content (AvgIpc) is 3.37. The maximum absolute atomic E-state index is 13.6. The first-order valence-corrected chi connectivity index (χ1v) is 17.3. The largest absolute Gasteiger partial charge is 0.465 e. The zero-order valence-corrected chi connectivity index (χ0v) is 30.5. The van der Waals surface area contributed by atoms with E-state index in [1.165, 1.54) is 0 Å². The second kappa shape index (κ2) is 20.2. The van der Waals surface area contributed by atoms with Gasteiger partial charge < -0.3 is 36.8 Å². The highest BCUT2D eigenvalue weighted by atomic mass is 16.4. The van der Waals surface area contributed by atoms with Crippen LogP contribution in [-0.4, -0.2) is 85.5 Å². The lowest BCUT2D eigenvalue weighted by Gasteiger charge is -2.30. The van der Waals surface area contributed by atoms with Crippen molar-refractivity contribution < 1.29 is 34.2 Å². The second-order valence-corrected chi connectivity index (χ2v) is 13.7. The number of nitrogens with zero attached hydrogens (tertiary/aromatic N) is 3. The topological polar surface area (TPSA) is 217 Å². The number of carbonyl (C=O) groups excluding carboxylic acids is 4. The molecule has 0 aliphatic rings. The van der Waals surface area contributed by atoms with Crippen LogP contribution in [0.25, 0.3) is 0 Å². The van der Waals surface area contributed by atoms with Crippen molar-refractivity contribution in [1.29, 1.82) is 0 Å². The predicted molar refractivity (Wildman–Crippen MR) is 187 cm³/mol. The number of aliphatic hydroxyl groups is 1. The van der Waals surface area contributed by atoms with Gasteiger partial charge in [-0.25, -0.2) is 4.79 Å². The molecule has 0 bridgehead atoms. The van der Waals surface area contributed by atoms with E-state index in [1.807, 2.05) is 54.5 Å². The molecule has 0 radical (unpaired) electrons. The molecule has 2 rings (SSSR count). The first kappa shape index (κ1) is 41.6. The maximum Gasteiger partial charge on any atom is 0.404 e. The van der Waals surface area contributed by atoms with Crippen molar-refractivity contribution in [3.63, 3.8) is 0 Å². The molecule has 50 heavy (non-hydrogen) atoms. The summed E-state index contributed by atoms with van der Waals surface area (Å²) in [5.41, 5.74) is 2.56. The van der Waals surface area contributed by atoms with Crippen LogP contribution >= 0.6 is 0 Å². The number of hydrogen-bond donors (Lipinski definition) is 7. The van der Waals surface area contributed by atoms with Crippen LogP contribution in [0, 0.1) is 37.5 Å². The molecule has 2 heterocycles. The fourth-order valence-corrected chi connectivity index (χ4v) is 5.52. The Kier molecular flexibility index (Phi) is 16.8. The molecular formula is C35H56N8O7. The van der Waals surface area contributed by atoms with E-state index in [9.17, 15) is 34.2 Å². The molecule has 0 aromatic carbocycles. The zero-order valence-electron chi connectivity index (χ0n) is 30.5. The number of nitrogens with one attached hydrogen (secondary N) is 5. The summed E-state index contributed by atoms with van der Waals surface area (Å²) in [7, 11) is 0. The Hall–Kier alpha value is -4.53. The normalized spacial score (nSPS) is 14.9. The molecule has 15 heteroatoms. The van der Waals surface area contributed by atoms with Gasteiger partial charge in [-0.15, -0.1) is 0 Å². The minimum absolute atomic E-state index is 0.0299. The number of carboxylic acid groups (broad SMARTS) is 1. The van der Waals surface area contributed by atoms with E-state index in [0.717, 1.165) is 17.0 Å². The third-order valence-electron chi connectivity index (χ3n) is 8.47. The smallest absolute Gasteiger partial charge is 0.404 e. The number of carbonyl (C=O) groups is 5. The van der Waals surface area contributed by atoms with E-state index >= 15 is 0 Å². The van der Waals surface area contributed by atoms with Gasteiger partial charge in [0.05, 0.1) is 36.8 Å². The third kappa shape index (κ3) is 13.8. The summed E-state index contributed by atoms with van der Waals surface area (Å²) in [6.45, 7) is 14.8. The fraction of sp³-hybridized carbons (Fsp3) is 0.629. The van der Waals surface area contributed by atoms with Crippen LogP contribution in [0.4, 0.5) is 4.79 Å². The molecule has 0 saturated carbocycles. The number of pyridine rings is 1. The minimum Gasteiger partial charge on any atom is -0.465 e. The molecule has 0 spiro atoms. The molecule has 0 saturated heterocycles. The van der Waals surface area contributed by atoms with Crippen molar-refractivity contribution in [1.82, 2.24) is 41.3 Å². The van der Waals surface area contributed by atoms with Crippen LogP contribution in [0.5, 0.6) is 0 Å². The quantitative estimate of drug-likeness (QED) is 0.107. The minimum atomic E-state index is -1.36. The highest BCUT2D eigenvalue weighted by Gasteiger charge is 2.32. The zero-order chi connectivity index (χ0) is 37.5. The van der Waals surface area contributed by atoms with Crippen LogP contribution < -0.4 is 26.6 Å². The van der Waals surface area contributed by atoms with Crippen molar-refractivity contribution >= 4 is 29.7 Å². The van der Waals surface area contributed by atoms with Crippen molar-refractivity contribution in [2.45, 2.75) is 112 Å². The monoisotopic (exact) mass is 700 g/mol. The van der Waals surface area contributed by atoms with E-state index in [1.54, 1.807) is 36.1 Å². The Morgan fingerprint density at radius 1 is 0.860 bits per heavy atom. The number of hydrogen-bond acceptors (Lipinski definition) is 8. The van der Waals surface area contributed by atoms with Crippen molar-refractivity contribution in [3.05, 3.63) is 47.5 Å². The van der Waals surface area contributed by atoms with Crippen LogP contribution in [0.15, 0.2) is 30.6 Å². The molecule has 7 N–H and O–H groups in total. The van der Waals surface area contributed by atoms with E-state index < -0.39 is 66.4 Å². The van der Waals surface area contributed by atoms with Crippen LogP contribution in [-0.2, 0) is 32.3 Å². The maximum atomic E-state index is 13.6. The van der Waals surface area contributed by atoms with Gasteiger partial charge in [0.1, 0.15) is 12.1 Å². The Labute approximate surface area is 294 Å². The van der Waals surface area contributed by atoms with Gasteiger partial charge in [-0.3, -0.25) is 28.8 Å². The van der Waals surface area contributed by atoms with Gasteiger partial charge in [0, 0.05) is 30.6 Å². The summed E-state index contributed by atoms with van der Waals surface area (Å²) >= 11 is 0. The van der Waals surface area contributed by atoms with Crippen LogP contribution in [0.1, 0.15) is 77.8 Å². The Balaban J connectivity index is 2.11. The van der Waals surface area contributed by atoms with Gasteiger partial charge >= 0.3 is 6.09 Å². The standard InChI is InChI=1S/C35H56N8O7/c1-9-26(19-43-24(8)16-23(7)42-43)32(46)40-28(18-38-35(49)50)33(47)39-27(14-20(2)3)29(44)15-22(6)31(45)41-30(21(4)5)34(48)37-17-25-10-12-36-13-11-25/h10-13,16,20-22,26-30,38,44H,9,14-15,17-19H2,1-8H3,(H,37,48)(H,39,47)(H,40,46)(H,41,45)(H,49,50)/t22-,26+,27+,28+,29-,30+/m1/s1. The van der Waals surface area contributed by atoms with Gasteiger partial charge in [0.15, 0.2) is 0 Å². The SMILES string of the molecule is CC[C@@H](Cn1nc(C)cc1C)C(=O)N[C@@H](CNC(=O)O)C(=O)N[C@@H](CC(C)C)[C@H](O)C[C@@H](C)C(=O)N[C@H](C(=O)NCc1ccncc1)C(C)C. The molecule has 278 valence electrons. The van der Waals surface area contributed by atoms with Crippen molar-refractivity contribution in [2.75, 3.05) is 6.54 Å². The molecule has 0 fully saturated rings. The summed E-state index contributed by atoms with van der Waals surface area (Å²) in [5, 5.41) is 38.3. The lowest BCUT2D eigenvalue weighted by Crippen LogP contribution is -2.57. The van der Waals surface area contributed by atoms with Gasteiger partial charge in [-0.1, -0.05) is 41.5 Å². The molecule has 15 nitrogen and oxygen atoms in total. The average molecular weight is 701 g/mol. The fourth-order valence-electron chi connectivity index (χ4n) is 5.52. The van der Waals surface area contributed by atoms with Gasteiger partial charge in [0.2, 0.25) is 23.6 Å². The molecule has 6 atom stereocenters. The first-order chi connectivity index (χ1) is 23.5. The molecule has 0 unspecified atom stereocenters. The molecule has 2 aromatic heterocycles. The highest BCUT2D eigenvalue weighted by molar-refractivity contribution is 5.90. The lowest BCUT2D eigenvalue weighted by atomic mass is 9.91. The molecule has 2 aromatic rings. The van der Waals surface area contributed by atoms with Crippen LogP contribution in [0.2, 0.25) is 0 Å².